The Morgan fingerprint density at radius 1 is 1.20 bits per heavy atom. The van der Waals surface area contributed by atoms with Crippen molar-refractivity contribution >= 4 is 21.4 Å². The molecule has 0 saturated carbocycles. The SMILES string of the molecule is NCCOc1ccc(S(=O)(=O)NCc2ccsc2)cc1. The predicted octanol–water partition coefficient (Wildman–Crippen LogP) is 1.56. The molecule has 0 fully saturated rings. The Morgan fingerprint density at radius 3 is 2.55 bits per heavy atom. The van der Waals surface area contributed by atoms with Crippen molar-refractivity contribution in [3.05, 3.63) is 46.7 Å². The van der Waals surface area contributed by atoms with Gasteiger partial charge in [0.25, 0.3) is 0 Å². The third kappa shape index (κ3) is 4.04. The standard InChI is InChI=1S/C13H16N2O3S2/c14-6-7-18-12-1-3-13(4-2-12)20(16,17)15-9-11-5-8-19-10-11/h1-5,8,10,15H,6-7,9,14H2. The summed E-state index contributed by atoms with van der Waals surface area (Å²) in [6, 6.07) is 8.16. The largest absolute Gasteiger partial charge is 0.492 e. The Balaban J connectivity index is 2.01. The van der Waals surface area contributed by atoms with Crippen molar-refractivity contribution < 1.29 is 13.2 Å². The fraction of sp³-hybridized carbons (Fsp3) is 0.231. The number of thiophene rings is 1. The summed E-state index contributed by atoms with van der Waals surface area (Å²) in [7, 11) is -3.50. The maximum absolute atomic E-state index is 12.1. The van der Waals surface area contributed by atoms with Crippen molar-refractivity contribution in [1.82, 2.24) is 4.72 Å². The zero-order chi connectivity index (χ0) is 14.4. The molecule has 1 aromatic carbocycles. The highest BCUT2D eigenvalue weighted by Gasteiger charge is 2.13. The second-order valence-corrected chi connectivity index (χ2v) is 6.61. The van der Waals surface area contributed by atoms with E-state index in [0.29, 0.717) is 18.9 Å². The van der Waals surface area contributed by atoms with Gasteiger partial charge in [0.2, 0.25) is 10.0 Å². The number of hydrogen-bond acceptors (Lipinski definition) is 5. The van der Waals surface area contributed by atoms with E-state index in [9.17, 15) is 8.42 Å². The molecule has 0 aliphatic heterocycles. The molecule has 7 heteroatoms. The summed E-state index contributed by atoms with van der Waals surface area (Å²) >= 11 is 1.53. The van der Waals surface area contributed by atoms with Crippen LogP contribution in [0.25, 0.3) is 0 Å². The van der Waals surface area contributed by atoms with Crippen molar-refractivity contribution in [2.24, 2.45) is 5.73 Å². The molecule has 0 aliphatic carbocycles. The van der Waals surface area contributed by atoms with Crippen LogP contribution in [0.15, 0.2) is 46.0 Å². The maximum atomic E-state index is 12.1. The average Bonchev–Trinajstić information content (AvgIpc) is 2.97. The second-order valence-electron chi connectivity index (χ2n) is 4.06. The van der Waals surface area contributed by atoms with E-state index in [0.717, 1.165) is 5.56 Å². The van der Waals surface area contributed by atoms with E-state index in [1.807, 2.05) is 16.8 Å². The minimum Gasteiger partial charge on any atom is -0.492 e. The lowest BCUT2D eigenvalue weighted by Gasteiger charge is -2.08. The molecule has 20 heavy (non-hydrogen) atoms. The van der Waals surface area contributed by atoms with Gasteiger partial charge in [0.1, 0.15) is 12.4 Å². The molecule has 1 aromatic heterocycles. The summed E-state index contributed by atoms with van der Waals surface area (Å²) in [5.41, 5.74) is 6.28. The summed E-state index contributed by atoms with van der Waals surface area (Å²) in [5.74, 6) is 0.604. The van der Waals surface area contributed by atoms with Crippen LogP contribution in [0.1, 0.15) is 5.56 Å². The molecule has 0 saturated heterocycles. The quantitative estimate of drug-likeness (QED) is 0.813. The zero-order valence-corrected chi connectivity index (χ0v) is 12.4. The van der Waals surface area contributed by atoms with Gasteiger partial charge in [0, 0.05) is 13.1 Å². The van der Waals surface area contributed by atoms with Gasteiger partial charge in [-0.25, -0.2) is 13.1 Å². The third-order valence-electron chi connectivity index (χ3n) is 2.57. The van der Waals surface area contributed by atoms with Crippen LogP contribution in [-0.4, -0.2) is 21.6 Å². The molecule has 0 bridgehead atoms. The normalized spacial score (nSPS) is 11.4. The molecule has 0 amide bonds. The summed E-state index contributed by atoms with van der Waals surface area (Å²) in [5, 5.41) is 3.82. The Morgan fingerprint density at radius 2 is 1.95 bits per heavy atom. The van der Waals surface area contributed by atoms with Crippen LogP contribution in [0.2, 0.25) is 0 Å². The first-order chi connectivity index (χ1) is 9.62. The van der Waals surface area contributed by atoms with Crippen LogP contribution < -0.4 is 15.2 Å². The van der Waals surface area contributed by atoms with Crippen molar-refractivity contribution in [3.63, 3.8) is 0 Å². The molecule has 3 N–H and O–H groups in total. The molecule has 2 aromatic rings. The van der Waals surface area contributed by atoms with Gasteiger partial charge < -0.3 is 10.5 Å². The number of ether oxygens (including phenoxy) is 1. The first-order valence-corrected chi connectivity index (χ1v) is 8.48. The van der Waals surface area contributed by atoms with Crippen molar-refractivity contribution in [1.29, 1.82) is 0 Å². The van der Waals surface area contributed by atoms with E-state index >= 15 is 0 Å². The average molecular weight is 312 g/mol. The Bertz CT molecular complexity index is 622. The molecular formula is C13H16N2O3S2. The highest BCUT2D eigenvalue weighted by Crippen LogP contribution is 2.16. The third-order valence-corrected chi connectivity index (χ3v) is 4.72. The summed E-state index contributed by atoms with van der Waals surface area (Å²) in [6.45, 7) is 1.11. The predicted molar refractivity (Wildman–Crippen MR) is 79.3 cm³/mol. The molecule has 0 radical (unpaired) electrons. The lowest BCUT2D eigenvalue weighted by Crippen LogP contribution is -2.22. The number of nitrogens with one attached hydrogen (secondary N) is 1. The van der Waals surface area contributed by atoms with E-state index < -0.39 is 10.0 Å². The molecule has 5 nitrogen and oxygen atoms in total. The molecule has 0 atom stereocenters. The fourth-order valence-corrected chi connectivity index (χ4v) is 3.23. The van der Waals surface area contributed by atoms with Gasteiger partial charge in [-0.05, 0) is 46.7 Å². The molecule has 108 valence electrons. The molecule has 0 spiro atoms. The van der Waals surface area contributed by atoms with Crippen LogP contribution in [0.4, 0.5) is 0 Å². The number of hydrogen-bond donors (Lipinski definition) is 2. The minimum absolute atomic E-state index is 0.216. The second kappa shape index (κ2) is 6.85. The lowest BCUT2D eigenvalue weighted by molar-refractivity contribution is 0.328. The van der Waals surface area contributed by atoms with E-state index in [2.05, 4.69) is 4.72 Å². The number of nitrogens with two attached hydrogens (primary N) is 1. The lowest BCUT2D eigenvalue weighted by atomic mass is 10.3. The van der Waals surface area contributed by atoms with Crippen LogP contribution >= 0.6 is 11.3 Å². The van der Waals surface area contributed by atoms with Gasteiger partial charge in [-0.15, -0.1) is 0 Å². The smallest absolute Gasteiger partial charge is 0.240 e. The van der Waals surface area contributed by atoms with Gasteiger partial charge in [-0.2, -0.15) is 11.3 Å². The Labute approximate surface area is 122 Å². The topological polar surface area (TPSA) is 81.4 Å². The van der Waals surface area contributed by atoms with E-state index in [1.165, 1.54) is 23.5 Å². The number of sulfonamides is 1. The monoisotopic (exact) mass is 312 g/mol. The number of rotatable bonds is 7. The van der Waals surface area contributed by atoms with Gasteiger partial charge in [0.05, 0.1) is 4.90 Å². The molecule has 0 unspecified atom stereocenters. The molecule has 1 heterocycles. The molecule has 0 aliphatic rings. The molecule has 2 rings (SSSR count). The van der Waals surface area contributed by atoms with Gasteiger partial charge in [-0.3, -0.25) is 0 Å². The Kier molecular flexibility index (Phi) is 5.13. The summed E-state index contributed by atoms with van der Waals surface area (Å²) in [4.78, 5) is 0.216. The minimum atomic E-state index is -3.50. The molecular weight excluding hydrogens is 296 g/mol. The van der Waals surface area contributed by atoms with Crippen molar-refractivity contribution in [2.45, 2.75) is 11.4 Å². The fourth-order valence-electron chi connectivity index (χ4n) is 1.55. The van der Waals surface area contributed by atoms with Gasteiger partial charge in [-0.1, -0.05) is 0 Å². The van der Waals surface area contributed by atoms with E-state index in [1.54, 1.807) is 12.1 Å². The van der Waals surface area contributed by atoms with Crippen LogP contribution in [0.3, 0.4) is 0 Å². The highest BCUT2D eigenvalue weighted by molar-refractivity contribution is 7.89. The van der Waals surface area contributed by atoms with Gasteiger partial charge >= 0.3 is 0 Å². The van der Waals surface area contributed by atoms with Crippen molar-refractivity contribution in [3.8, 4) is 5.75 Å². The highest BCUT2D eigenvalue weighted by atomic mass is 32.2. The summed E-state index contributed by atoms with van der Waals surface area (Å²) in [6.07, 6.45) is 0. The van der Waals surface area contributed by atoms with Gasteiger partial charge in [0.15, 0.2) is 0 Å². The van der Waals surface area contributed by atoms with Crippen LogP contribution in [-0.2, 0) is 16.6 Å². The van der Waals surface area contributed by atoms with Crippen molar-refractivity contribution in [2.75, 3.05) is 13.2 Å². The van der Waals surface area contributed by atoms with E-state index in [4.69, 9.17) is 10.5 Å². The summed E-state index contributed by atoms with van der Waals surface area (Å²) < 4.78 is 32.0. The van der Waals surface area contributed by atoms with Crippen LogP contribution in [0, 0.1) is 0 Å². The number of benzene rings is 1. The Hall–Kier alpha value is -1.41. The zero-order valence-electron chi connectivity index (χ0n) is 10.8. The van der Waals surface area contributed by atoms with Crippen LogP contribution in [0.5, 0.6) is 5.75 Å². The first kappa shape index (κ1) is 15.0. The first-order valence-electron chi connectivity index (χ1n) is 6.05. The maximum Gasteiger partial charge on any atom is 0.240 e. The van der Waals surface area contributed by atoms with E-state index in [-0.39, 0.29) is 11.4 Å².